The Balaban J connectivity index is 2.21. The number of halogens is 1. The number of para-hydroxylation sites is 2. The van der Waals surface area contributed by atoms with E-state index in [1.807, 2.05) is 31.2 Å². The van der Waals surface area contributed by atoms with Crippen molar-refractivity contribution in [3.8, 4) is 11.5 Å². The van der Waals surface area contributed by atoms with Crippen LogP contribution in [0, 0.1) is 0 Å². The molecule has 0 unspecified atom stereocenters. The Morgan fingerprint density at radius 2 is 1.74 bits per heavy atom. The molecule has 31 heavy (non-hydrogen) atoms. The van der Waals surface area contributed by atoms with Gasteiger partial charge >= 0.3 is 0 Å². The average molecular weight is 447 g/mol. The van der Waals surface area contributed by atoms with E-state index in [-0.39, 0.29) is 25.0 Å². The van der Waals surface area contributed by atoms with E-state index >= 15 is 0 Å². The van der Waals surface area contributed by atoms with Crippen molar-refractivity contribution in [1.29, 1.82) is 0 Å². The molecule has 0 aliphatic rings. The van der Waals surface area contributed by atoms with Crippen molar-refractivity contribution in [2.45, 2.75) is 45.7 Å². The van der Waals surface area contributed by atoms with Crippen LogP contribution in [0.25, 0.3) is 0 Å². The SMILES string of the molecule is CCCCNC(=O)[C@@H](CC)N(Cc1ccccc1Cl)C(=O)COc1ccccc1OC. The standard InChI is InChI=1S/C24H31ClN2O4/c1-4-6-15-26-24(29)20(5-2)27(16-18-11-7-8-12-19(18)25)23(28)17-31-22-14-10-9-13-21(22)30-3/h7-14,20H,4-6,15-17H2,1-3H3,(H,26,29)/t20-/m1/s1. The van der Waals surface area contributed by atoms with Gasteiger partial charge in [0, 0.05) is 18.1 Å². The van der Waals surface area contributed by atoms with E-state index in [9.17, 15) is 9.59 Å². The molecule has 0 spiro atoms. The molecule has 6 nitrogen and oxygen atoms in total. The fourth-order valence-electron chi connectivity index (χ4n) is 3.20. The third kappa shape index (κ3) is 7.17. The van der Waals surface area contributed by atoms with Gasteiger partial charge in [0.1, 0.15) is 6.04 Å². The number of nitrogens with one attached hydrogen (secondary N) is 1. The van der Waals surface area contributed by atoms with Crippen LogP contribution >= 0.6 is 11.6 Å². The third-order valence-corrected chi connectivity index (χ3v) is 5.30. The van der Waals surface area contributed by atoms with Gasteiger partial charge in [-0.2, -0.15) is 0 Å². The predicted molar refractivity (Wildman–Crippen MR) is 122 cm³/mol. The number of hydrogen-bond donors (Lipinski definition) is 1. The number of hydrogen-bond acceptors (Lipinski definition) is 4. The summed E-state index contributed by atoms with van der Waals surface area (Å²) in [5, 5.41) is 3.48. The second-order valence-corrected chi connectivity index (χ2v) is 7.53. The summed E-state index contributed by atoms with van der Waals surface area (Å²) >= 11 is 6.33. The molecule has 0 fully saturated rings. The van der Waals surface area contributed by atoms with Gasteiger partial charge < -0.3 is 19.7 Å². The van der Waals surface area contributed by atoms with Gasteiger partial charge in [-0.3, -0.25) is 9.59 Å². The molecule has 1 atom stereocenters. The maximum absolute atomic E-state index is 13.2. The first-order valence-electron chi connectivity index (χ1n) is 10.6. The average Bonchev–Trinajstić information content (AvgIpc) is 2.79. The molecule has 0 radical (unpaired) electrons. The maximum atomic E-state index is 13.2. The maximum Gasteiger partial charge on any atom is 0.261 e. The molecule has 2 rings (SSSR count). The molecule has 0 saturated carbocycles. The van der Waals surface area contributed by atoms with Crippen LogP contribution in [0.1, 0.15) is 38.7 Å². The smallest absolute Gasteiger partial charge is 0.261 e. The Morgan fingerprint density at radius 1 is 1.06 bits per heavy atom. The zero-order chi connectivity index (χ0) is 22.6. The van der Waals surface area contributed by atoms with Crippen molar-refractivity contribution < 1.29 is 19.1 Å². The first kappa shape index (κ1) is 24.5. The molecule has 0 aliphatic heterocycles. The molecule has 0 heterocycles. The van der Waals surface area contributed by atoms with Gasteiger partial charge in [0.15, 0.2) is 18.1 Å². The fraction of sp³-hybridized carbons (Fsp3) is 0.417. The summed E-state index contributed by atoms with van der Waals surface area (Å²) in [7, 11) is 1.54. The lowest BCUT2D eigenvalue weighted by atomic mass is 10.1. The van der Waals surface area contributed by atoms with Crippen LogP contribution in [0.2, 0.25) is 5.02 Å². The monoisotopic (exact) mass is 446 g/mol. The van der Waals surface area contributed by atoms with E-state index in [2.05, 4.69) is 12.2 Å². The predicted octanol–water partition coefficient (Wildman–Crippen LogP) is 4.45. The Hall–Kier alpha value is -2.73. The number of amides is 2. The quantitative estimate of drug-likeness (QED) is 0.489. The van der Waals surface area contributed by atoms with Gasteiger partial charge in [-0.25, -0.2) is 0 Å². The molecule has 168 valence electrons. The van der Waals surface area contributed by atoms with Crippen LogP contribution in [0.3, 0.4) is 0 Å². The Morgan fingerprint density at radius 3 is 2.39 bits per heavy atom. The number of carbonyl (C=O) groups is 2. The number of methoxy groups -OCH3 is 1. The summed E-state index contributed by atoms with van der Waals surface area (Å²) < 4.78 is 11.0. The number of carbonyl (C=O) groups excluding carboxylic acids is 2. The minimum Gasteiger partial charge on any atom is -0.493 e. The molecule has 1 N–H and O–H groups in total. The first-order chi connectivity index (χ1) is 15.0. The first-order valence-corrected chi connectivity index (χ1v) is 11.0. The van der Waals surface area contributed by atoms with Gasteiger partial charge in [0.25, 0.3) is 5.91 Å². The van der Waals surface area contributed by atoms with E-state index in [1.54, 1.807) is 31.4 Å². The van der Waals surface area contributed by atoms with E-state index in [4.69, 9.17) is 21.1 Å². The van der Waals surface area contributed by atoms with Crippen molar-refractivity contribution >= 4 is 23.4 Å². The van der Waals surface area contributed by atoms with Gasteiger partial charge in [-0.05, 0) is 36.6 Å². The summed E-state index contributed by atoms with van der Waals surface area (Å²) in [6.45, 7) is 4.53. The summed E-state index contributed by atoms with van der Waals surface area (Å²) in [5.74, 6) is 0.533. The molecule has 0 bridgehead atoms. The van der Waals surface area contributed by atoms with Crippen molar-refractivity contribution in [2.75, 3.05) is 20.3 Å². The molecule has 7 heteroatoms. The van der Waals surface area contributed by atoms with E-state index < -0.39 is 6.04 Å². The van der Waals surface area contributed by atoms with Crippen LogP contribution in [-0.4, -0.2) is 43.0 Å². The Labute approximate surface area is 189 Å². The lowest BCUT2D eigenvalue weighted by Crippen LogP contribution is -2.50. The highest BCUT2D eigenvalue weighted by atomic mass is 35.5. The highest BCUT2D eigenvalue weighted by molar-refractivity contribution is 6.31. The van der Waals surface area contributed by atoms with Gasteiger partial charge in [0.05, 0.1) is 7.11 Å². The Kier molecular flexibility index (Phi) is 10.2. The third-order valence-electron chi connectivity index (χ3n) is 4.93. The number of rotatable bonds is 12. The minimum absolute atomic E-state index is 0.173. The Bertz CT molecular complexity index is 859. The van der Waals surface area contributed by atoms with Crippen molar-refractivity contribution in [2.24, 2.45) is 0 Å². The van der Waals surface area contributed by atoms with Crippen LogP contribution in [0.5, 0.6) is 11.5 Å². The lowest BCUT2D eigenvalue weighted by Gasteiger charge is -2.31. The van der Waals surface area contributed by atoms with E-state index in [1.165, 1.54) is 4.90 Å². The lowest BCUT2D eigenvalue weighted by molar-refractivity contribution is -0.143. The number of nitrogens with zero attached hydrogens (tertiary/aromatic N) is 1. The molecular formula is C24H31ClN2O4. The highest BCUT2D eigenvalue weighted by Crippen LogP contribution is 2.26. The molecule has 2 amide bonds. The fourth-order valence-corrected chi connectivity index (χ4v) is 3.39. The van der Waals surface area contributed by atoms with Crippen molar-refractivity contribution in [3.63, 3.8) is 0 Å². The summed E-state index contributed by atoms with van der Waals surface area (Å²) in [4.78, 5) is 27.6. The molecule has 0 aromatic heterocycles. The van der Waals surface area contributed by atoms with Crippen molar-refractivity contribution in [1.82, 2.24) is 10.2 Å². The molecule has 2 aromatic carbocycles. The van der Waals surface area contributed by atoms with Crippen LogP contribution < -0.4 is 14.8 Å². The topological polar surface area (TPSA) is 67.9 Å². The van der Waals surface area contributed by atoms with Crippen molar-refractivity contribution in [3.05, 3.63) is 59.1 Å². The largest absolute Gasteiger partial charge is 0.493 e. The molecular weight excluding hydrogens is 416 g/mol. The van der Waals surface area contributed by atoms with E-state index in [0.29, 0.717) is 29.5 Å². The second kappa shape index (κ2) is 12.8. The number of ether oxygens (including phenoxy) is 2. The van der Waals surface area contributed by atoms with Gasteiger partial charge in [-0.1, -0.05) is 62.2 Å². The van der Waals surface area contributed by atoms with Crippen LogP contribution in [0.15, 0.2) is 48.5 Å². The summed E-state index contributed by atoms with van der Waals surface area (Å²) in [6, 6.07) is 13.8. The minimum atomic E-state index is -0.623. The second-order valence-electron chi connectivity index (χ2n) is 7.12. The molecule has 0 saturated heterocycles. The van der Waals surface area contributed by atoms with Gasteiger partial charge in [-0.15, -0.1) is 0 Å². The zero-order valence-corrected chi connectivity index (χ0v) is 19.2. The van der Waals surface area contributed by atoms with Gasteiger partial charge in [0.2, 0.25) is 5.91 Å². The summed E-state index contributed by atoms with van der Waals surface area (Å²) in [5.41, 5.74) is 0.773. The zero-order valence-electron chi connectivity index (χ0n) is 18.4. The van der Waals surface area contributed by atoms with Crippen LogP contribution in [-0.2, 0) is 16.1 Å². The molecule has 2 aromatic rings. The number of unbranched alkanes of at least 4 members (excludes halogenated alkanes) is 1. The highest BCUT2D eigenvalue weighted by Gasteiger charge is 2.29. The van der Waals surface area contributed by atoms with E-state index in [0.717, 1.165) is 18.4 Å². The summed E-state index contributed by atoms with van der Waals surface area (Å²) in [6.07, 6.45) is 2.34. The molecule has 0 aliphatic carbocycles. The van der Waals surface area contributed by atoms with Crippen LogP contribution in [0.4, 0.5) is 0 Å². The normalized spacial score (nSPS) is 11.5. The number of benzene rings is 2.